The maximum Gasteiger partial charge on any atom is 0.315 e. The van der Waals surface area contributed by atoms with Crippen LogP contribution in [-0.2, 0) is 9.53 Å². The summed E-state index contributed by atoms with van der Waals surface area (Å²) in [7, 11) is 0. The van der Waals surface area contributed by atoms with Crippen molar-refractivity contribution in [2.45, 2.75) is 26.3 Å². The molecule has 1 saturated heterocycles. The van der Waals surface area contributed by atoms with Crippen LogP contribution in [0, 0.1) is 5.92 Å². The molecule has 6 nitrogen and oxygen atoms in total. The predicted molar refractivity (Wildman–Crippen MR) is 89.4 cm³/mol. The summed E-state index contributed by atoms with van der Waals surface area (Å²) in [4.78, 5) is 25.9. The van der Waals surface area contributed by atoms with Crippen molar-refractivity contribution < 1.29 is 14.3 Å². The molecule has 126 valence electrons. The van der Waals surface area contributed by atoms with E-state index in [1.165, 1.54) is 0 Å². The number of urea groups is 1. The lowest BCUT2D eigenvalue weighted by molar-refractivity contribution is -0.118. The van der Waals surface area contributed by atoms with Gasteiger partial charge in [0.15, 0.2) is 0 Å². The molecule has 1 unspecified atom stereocenters. The Morgan fingerprint density at radius 2 is 2.09 bits per heavy atom. The van der Waals surface area contributed by atoms with Gasteiger partial charge in [0, 0.05) is 25.4 Å². The molecule has 0 spiro atoms. The van der Waals surface area contributed by atoms with Gasteiger partial charge in [-0.15, -0.1) is 0 Å². The zero-order valence-corrected chi connectivity index (χ0v) is 13.7. The van der Waals surface area contributed by atoms with Gasteiger partial charge in [0.25, 0.3) is 0 Å². The third-order valence-corrected chi connectivity index (χ3v) is 3.56. The topological polar surface area (TPSA) is 70.7 Å². The summed E-state index contributed by atoms with van der Waals surface area (Å²) < 4.78 is 5.39. The normalized spacial score (nSPS) is 17.6. The van der Waals surface area contributed by atoms with Gasteiger partial charge in [-0.2, -0.15) is 0 Å². The Kier molecular flexibility index (Phi) is 6.40. The number of benzene rings is 1. The average Bonchev–Trinajstić information content (AvgIpc) is 2.88. The number of rotatable bonds is 7. The van der Waals surface area contributed by atoms with Gasteiger partial charge in [0.05, 0.1) is 6.61 Å². The molecule has 1 atom stereocenters. The van der Waals surface area contributed by atoms with E-state index >= 15 is 0 Å². The number of para-hydroxylation sites is 1. The molecule has 2 rings (SSSR count). The summed E-state index contributed by atoms with van der Waals surface area (Å²) in [5, 5.41) is 5.44. The zero-order valence-electron chi connectivity index (χ0n) is 13.7. The molecule has 1 heterocycles. The van der Waals surface area contributed by atoms with E-state index < -0.39 is 6.04 Å². The van der Waals surface area contributed by atoms with Crippen molar-refractivity contribution in [3.8, 4) is 0 Å². The number of nitrogens with one attached hydrogen (secondary N) is 2. The minimum absolute atomic E-state index is 0.0672. The number of carbonyl (C=O) groups is 2. The van der Waals surface area contributed by atoms with Crippen molar-refractivity contribution >= 4 is 17.6 Å². The molecule has 1 aliphatic rings. The highest BCUT2D eigenvalue weighted by molar-refractivity contribution is 6.01. The largest absolute Gasteiger partial charge is 0.379 e. The standard InChI is InChI=1S/C17H25N3O3/c1-13(2)12-23-11-9-18-17(22)19-15-8-10-20(16(15)21)14-6-4-3-5-7-14/h3-7,13,15H,8-12H2,1-2H3,(H2,18,19,22). The van der Waals surface area contributed by atoms with Crippen molar-refractivity contribution in [1.82, 2.24) is 10.6 Å². The van der Waals surface area contributed by atoms with Gasteiger partial charge in [-0.25, -0.2) is 4.79 Å². The fraction of sp³-hybridized carbons (Fsp3) is 0.529. The Hall–Kier alpha value is -2.08. The molecule has 1 aromatic carbocycles. The second kappa shape index (κ2) is 8.53. The molecule has 3 amide bonds. The summed E-state index contributed by atoms with van der Waals surface area (Å²) in [5.74, 6) is 0.409. The summed E-state index contributed by atoms with van der Waals surface area (Å²) in [5.41, 5.74) is 0.865. The van der Waals surface area contributed by atoms with Crippen molar-refractivity contribution in [2.24, 2.45) is 5.92 Å². The van der Waals surface area contributed by atoms with Crippen LogP contribution in [0.4, 0.5) is 10.5 Å². The van der Waals surface area contributed by atoms with Gasteiger partial charge >= 0.3 is 6.03 Å². The fourth-order valence-electron chi connectivity index (χ4n) is 2.44. The van der Waals surface area contributed by atoms with E-state index in [9.17, 15) is 9.59 Å². The fourth-order valence-corrected chi connectivity index (χ4v) is 2.44. The predicted octanol–water partition coefficient (Wildman–Crippen LogP) is 1.76. The molecule has 1 aromatic rings. The van der Waals surface area contributed by atoms with Crippen LogP contribution in [0.1, 0.15) is 20.3 Å². The number of nitrogens with zero attached hydrogens (tertiary/aromatic N) is 1. The van der Waals surface area contributed by atoms with E-state index in [4.69, 9.17) is 4.74 Å². The van der Waals surface area contributed by atoms with Gasteiger partial charge in [0.2, 0.25) is 5.91 Å². The van der Waals surface area contributed by atoms with Crippen LogP contribution in [0.5, 0.6) is 0 Å². The summed E-state index contributed by atoms with van der Waals surface area (Å²) in [6, 6.07) is 8.70. The van der Waals surface area contributed by atoms with Crippen LogP contribution in [-0.4, -0.2) is 44.3 Å². The second-order valence-corrected chi connectivity index (χ2v) is 6.04. The molecule has 1 aliphatic heterocycles. The molecule has 2 N–H and O–H groups in total. The number of hydrogen-bond acceptors (Lipinski definition) is 3. The Balaban J connectivity index is 1.72. The number of hydrogen-bond donors (Lipinski definition) is 2. The minimum Gasteiger partial charge on any atom is -0.379 e. The molecule has 0 aromatic heterocycles. The lowest BCUT2D eigenvalue weighted by Gasteiger charge is -2.17. The van der Waals surface area contributed by atoms with Crippen LogP contribution in [0.3, 0.4) is 0 Å². The van der Waals surface area contributed by atoms with Crippen molar-refractivity contribution in [2.75, 3.05) is 31.2 Å². The highest BCUT2D eigenvalue weighted by atomic mass is 16.5. The molecule has 6 heteroatoms. The molecule has 0 aliphatic carbocycles. The van der Waals surface area contributed by atoms with E-state index in [1.807, 2.05) is 30.3 Å². The Labute approximate surface area is 137 Å². The lowest BCUT2D eigenvalue weighted by atomic mass is 10.2. The highest BCUT2D eigenvalue weighted by Gasteiger charge is 2.33. The molecule has 1 fully saturated rings. The lowest BCUT2D eigenvalue weighted by Crippen LogP contribution is -2.46. The minimum atomic E-state index is -0.466. The van der Waals surface area contributed by atoms with E-state index in [-0.39, 0.29) is 11.9 Å². The monoisotopic (exact) mass is 319 g/mol. The molecule has 0 radical (unpaired) electrons. The smallest absolute Gasteiger partial charge is 0.315 e. The van der Waals surface area contributed by atoms with Crippen LogP contribution < -0.4 is 15.5 Å². The molecular formula is C17H25N3O3. The second-order valence-electron chi connectivity index (χ2n) is 6.04. The first-order valence-electron chi connectivity index (χ1n) is 8.06. The summed E-state index contributed by atoms with van der Waals surface area (Å²) >= 11 is 0. The van der Waals surface area contributed by atoms with E-state index in [2.05, 4.69) is 24.5 Å². The number of amides is 3. The van der Waals surface area contributed by atoms with Crippen molar-refractivity contribution in [3.63, 3.8) is 0 Å². The average molecular weight is 319 g/mol. The maximum absolute atomic E-state index is 12.4. The highest BCUT2D eigenvalue weighted by Crippen LogP contribution is 2.20. The molecule has 23 heavy (non-hydrogen) atoms. The van der Waals surface area contributed by atoms with Gasteiger partial charge in [0.1, 0.15) is 6.04 Å². The van der Waals surface area contributed by atoms with E-state index in [0.717, 1.165) is 5.69 Å². The quantitative estimate of drug-likeness (QED) is 0.752. The van der Waals surface area contributed by atoms with E-state index in [1.54, 1.807) is 4.90 Å². The van der Waals surface area contributed by atoms with Crippen LogP contribution in [0.2, 0.25) is 0 Å². The molecule has 0 bridgehead atoms. The molecular weight excluding hydrogens is 294 g/mol. The van der Waals surface area contributed by atoms with Crippen LogP contribution in [0.15, 0.2) is 30.3 Å². The van der Waals surface area contributed by atoms with Gasteiger partial charge in [-0.1, -0.05) is 32.0 Å². The number of ether oxygens (including phenoxy) is 1. The summed E-state index contributed by atoms with van der Waals surface area (Å²) in [6.45, 7) is 6.35. The zero-order chi connectivity index (χ0) is 16.7. The maximum atomic E-state index is 12.4. The Morgan fingerprint density at radius 1 is 1.35 bits per heavy atom. The molecule has 0 saturated carbocycles. The SMILES string of the molecule is CC(C)COCCNC(=O)NC1CCN(c2ccccc2)C1=O. The van der Waals surface area contributed by atoms with Crippen molar-refractivity contribution in [3.05, 3.63) is 30.3 Å². The first-order chi connectivity index (χ1) is 11.1. The van der Waals surface area contributed by atoms with Crippen LogP contribution in [0.25, 0.3) is 0 Å². The van der Waals surface area contributed by atoms with Gasteiger partial charge < -0.3 is 20.3 Å². The summed E-state index contributed by atoms with van der Waals surface area (Å²) in [6.07, 6.45) is 0.616. The number of anilines is 1. The third-order valence-electron chi connectivity index (χ3n) is 3.56. The first-order valence-corrected chi connectivity index (χ1v) is 8.06. The van der Waals surface area contributed by atoms with Gasteiger partial charge in [-0.05, 0) is 24.5 Å². The third kappa shape index (κ3) is 5.25. The van der Waals surface area contributed by atoms with Crippen LogP contribution >= 0.6 is 0 Å². The van der Waals surface area contributed by atoms with E-state index in [0.29, 0.717) is 38.6 Å². The Morgan fingerprint density at radius 3 is 2.78 bits per heavy atom. The Bertz CT molecular complexity index is 519. The van der Waals surface area contributed by atoms with Crippen molar-refractivity contribution in [1.29, 1.82) is 0 Å². The number of carbonyl (C=O) groups excluding carboxylic acids is 2. The first kappa shape index (κ1) is 17.3. The van der Waals surface area contributed by atoms with Gasteiger partial charge in [-0.3, -0.25) is 4.79 Å².